The Bertz CT molecular complexity index is 543. The first kappa shape index (κ1) is 16.1. The van der Waals surface area contributed by atoms with Gasteiger partial charge in [0.25, 0.3) is 0 Å². The highest BCUT2D eigenvalue weighted by atomic mass is 16.5. The number of hydrogen-bond donors (Lipinski definition) is 0. The van der Waals surface area contributed by atoms with Crippen molar-refractivity contribution in [1.29, 1.82) is 0 Å². The molecule has 122 valence electrons. The Kier molecular flexibility index (Phi) is 6.10. The van der Waals surface area contributed by atoms with Crippen LogP contribution in [0.5, 0.6) is 0 Å². The lowest BCUT2D eigenvalue weighted by molar-refractivity contribution is 0.122. The van der Waals surface area contributed by atoms with Gasteiger partial charge in [-0.3, -0.25) is 0 Å². The molecule has 23 heavy (non-hydrogen) atoms. The monoisotopic (exact) mass is 309 g/mol. The minimum atomic E-state index is 0.856. The number of ether oxygens (including phenoxy) is 1. The van der Waals surface area contributed by atoms with Crippen molar-refractivity contribution < 1.29 is 4.74 Å². The summed E-state index contributed by atoms with van der Waals surface area (Å²) in [5.74, 6) is 0.871. The van der Waals surface area contributed by atoms with Gasteiger partial charge in [-0.2, -0.15) is 0 Å². The molecule has 1 saturated heterocycles. The summed E-state index contributed by atoms with van der Waals surface area (Å²) < 4.78 is 5.28. The first-order valence-electron chi connectivity index (χ1n) is 8.86. The van der Waals surface area contributed by atoms with Gasteiger partial charge in [-0.1, -0.05) is 61.4 Å². The van der Waals surface area contributed by atoms with Crippen LogP contribution in [0.25, 0.3) is 0 Å². The van der Waals surface area contributed by atoms with Gasteiger partial charge in [-0.25, -0.2) is 0 Å². The number of para-hydroxylation sites is 1. The lowest BCUT2D eigenvalue weighted by atomic mass is 9.98. The van der Waals surface area contributed by atoms with E-state index < -0.39 is 0 Å². The summed E-state index contributed by atoms with van der Waals surface area (Å²) in [5, 5.41) is 0. The average Bonchev–Trinajstić information content (AvgIpc) is 3.19. The molecule has 0 unspecified atom stereocenters. The third-order valence-electron chi connectivity index (χ3n) is 4.76. The van der Waals surface area contributed by atoms with Crippen LogP contribution in [0.4, 0.5) is 5.69 Å². The normalized spacial score (nSPS) is 18.3. The highest BCUT2D eigenvalue weighted by molar-refractivity contribution is 5.46. The van der Waals surface area contributed by atoms with Gasteiger partial charge in [0, 0.05) is 18.8 Å². The van der Waals surface area contributed by atoms with Crippen LogP contribution in [0, 0.1) is 0 Å². The van der Waals surface area contributed by atoms with Crippen LogP contribution in [-0.2, 0) is 4.74 Å². The van der Waals surface area contributed by atoms with Crippen LogP contribution in [0.3, 0.4) is 0 Å². The second-order valence-corrected chi connectivity index (χ2v) is 6.33. The van der Waals surface area contributed by atoms with Crippen molar-refractivity contribution in [3.05, 3.63) is 66.2 Å². The number of morpholine rings is 1. The van der Waals surface area contributed by atoms with Gasteiger partial charge in [-0.05, 0) is 36.5 Å². The fourth-order valence-electron chi connectivity index (χ4n) is 3.44. The quantitative estimate of drug-likeness (QED) is 0.785. The van der Waals surface area contributed by atoms with E-state index in [0.29, 0.717) is 0 Å². The molecule has 2 aromatic carbocycles. The number of anilines is 1. The summed E-state index contributed by atoms with van der Waals surface area (Å²) in [6.45, 7) is 3.75. The van der Waals surface area contributed by atoms with Gasteiger partial charge < -0.3 is 9.64 Å². The zero-order valence-corrected chi connectivity index (χ0v) is 13.9. The largest absolute Gasteiger partial charge is 0.378 e. The molecule has 1 saturated carbocycles. The SMILES string of the molecule is c1ccc(C2CCCC2)cc1.c1ccc(N2CCOCC2)cc1. The Morgan fingerprint density at radius 2 is 1.30 bits per heavy atom. The standard InChI is InChI=1S/C11H14.C10H13NO/c1-2-6-10(7-3-1)11-8-4-5-9-11;1-2-4-10(5-3-1)11-6-8-12-9-7-11/h1-3,6-7,11H,4-5,8-9H2;1-5H,6-9H2. The van der Waals surface area contributed by atoms with E-state index in [9.17, 15) is 0 Å². The molecule has 0 aromatic heterocycles. The lowest BCUT2D eigenvalue weighted by Crippen LogP contribution is -2.36. The van der Waals surface area contributed by atoms with Crippen LogP contribution < -0.4 is 4.90 Å². The van der Waals surface area contributed by atoms with E-state index in [1.54, 1.807) is 5.56 Å². The third-order valence-corrected chi connectivity index (χ3v) is 4.76. The zero-order valence-electron chi connectivity index (χ0n) is 13.9. The predicted molar refractivity (Wildman–Crippen MR) is 97.1 cm³/mol. The molecule has 2 aromatic rings. The van der Waals surface area contributed by atoms with Gasteiger partial charge in [0.05, 0.1) is 13.2 Å². The Morgan fingerprint density at radius 3 is 1.91 bits per heavy atom. The highest BCUT2D eigenvalue weighted by Gasteiger charge is 2.15. The summed E-state index contributed by atoms with van der Waals surface area (Å²) in [7, 11) is 0. The van der Waals surface area contributed by atoms with Crippen LogP contribution in [-0.4, -0.2) is 26.3 Å². The molecule has 0 atom stereocenters. The minimum Gasteiger partial charge on any atom is -0.378 e. The predicted octanol–water partition coefficient (Wildman–Crippen LogP) is 4.87. The van der Waals surface area contributed by atoms with Crippen molar-refractivity contribution in [3.63, 3.8) is 0 Å². The van der Waals surface area contributed by atoms with Crippen LogP contribution in [0.15, 0.2) is 60.7 Å². The number of hydrogen-bond acceptors (Lipinski definition) is 2. The zero-order chi connectivity index (χ0) is 15.7. The van der Waals surface area contributed by atoms with Gasteiger partial charge >= 0.3 is 0 Å². The second-order valence-electron chi connectivity index (χ2n) is 6.33. The van der Waals surface area contributed by atoms with E-state index in [0.717, 1.165) is 32.2 Å². The van der Waals surface area contributed by atoms with E-state index in [2.05, 4.69) is 59.5 Å². The van der Waals surface area contributed by atoms with Gasteiger partial charge in [-0.15, -0.1) is 0 Å². The average molecular weight is 309 g/mol. The molecule has 0 spiro atoms. The first-order chi connectivity index (χ1) is 11.4. The van der Waals surface area contributed by atoms with E-state index in [-0.39, 0.29) is 0 Å². The van der Waals surface area contributed by atoms with E-state index in [1.807, 2.05) is 6.07 Å². The number of nitrogens with zero attached hydrogens (tertiary/aromatic N) is 1. The molecule has 1 aliphatic carbocycles. The fourth-order valence-corrected chi connectivity index (χ4v) is 3.44. The topological polar surface area (TPSA) is 12.5 Å². The van der Waals surface area contributed by atoms with Crippen molar-refractivity contribution >= 4 is 5.69 Å². The van der Waals surface area contributed by atoms with Crippen molar-refractivity contribution in [2.24, 2.45) is 0 Å². The van der Waals surface area contributed by atoms with Crippen molar-refractivity contribution in [1.82, 2.24) is 0 Å². The van der Waals surface area contributed by atoms with Gasteiger partial charge in [0.2, 0.25) is 0 Å². The molecule has 0 radical (unpaired) electrons. The Hall–Kier alpha value is -1.80. The van der Waals surface area contributed by atoms with Crippen LogP contribution in [0.1, 0.15) is 37.2 Å². The minimum absolute atomic E-state index is 0.856. The molecule has 2 heteroatoms. The smallest absolute Gasteiger partial charge is 0.0642 e. The molecule has 2 nitrogen and oxygen atoms in total. The maximum absolute atomic E-state index is 5.28. The van der Waals surface area contributed by atoms with Crippen LogP contribution in [0.2, 0.25) is 0 Å². The molecule has 2 aliphatic rings. The van der Waals surface area contributed by atoms with Gasteiger partial charge in [0.1, 0.15) is 0 Å². The number of rotatable bonds is 2. The molecule has 0 N–H and O–H groups in total. The molecular weight excluding hydrogens is 282 g/mol. The Balaban J connectivity index is 0.000000136. The van der Waals surface area contributed by atoms with Crippen LogP contribution >= 0.6 is 0 Å². The summed E-state index contributed by atoms with van der Waals surface area (Å²) >= 11 is 0. The summed E-state index contributed by atoms with van der Waals surface area (Å²) in [4.78, 5) is 2.35. The summed E-state index contributed by atoms with van der Waals surface area (Å²) in [6, 6.07) is 21.4. The third kappa shape index (κ3) is 4.84. The lowest BCUT2D eigenvalue weighted by Gasteiger charge is -2.28. The molecular formula is C21H27NO. The molecule has 4 rings (SSSR count). The Morgan fingerprint density at radius 1 is 0.739 bits per heavy atom. The molecule has 1 aliphatic heterocycles. The highest BCUT2D eigenvalue weighted by Crippen LogP contribution is 2.33. The number of benzene rings is 2. The molecule has 2 fully saturated rings. The van der Waals surface area contributed by atoms with E-state index in [1.165, 1.54) is 31.4 Å². The first-order valence-corrected chi connectivity index (χ1v) is 8.86. The van der Waals surface area contributed by atoms with Crippen molar-refractivity contribution in [2.75, 3.05) is 31.2 Å². The molecule has 1 heterocycles. The maximum atomic E-state index is 5.28. The Labute approximate surface area is 140 Å². The second kappa shape index (κ2) is 8.73. The fraction of sp³-hybridized carbons (Fsp3) is 0.429. The molecule has 0 amide bonds. The van der Waals surface area contributed by atoms with Gasteiger partial charge in [0.15, 0.2) is 0 Å². The van der Waals surface area contributed by atoms with E-state index >= 15 is 0 Å². The van der Waals surface area contributed by atoms with Crippen molar-refractivity contribution in [3.8, 4) is 0 Å². The maximum Gasteiger partial charge on any atom is 0.0642 e. The summed E-state index contributed by atoms with van der Waals surface area (Å²) in [6.07, 6.45) is 5.67. The molecule has 0 bridgehead atoms. The van der Waals surface area contributed by atoms with Crippen molar-refractivity contribution in [2.45, 2.75) is 31.6 Å². The summed E-state index contributed by atoms with van der Waals surface area (Å²) in [5.41, 5.74) is 2.85. The van der Waals surface area contributed by atoms with E-state index in [4.69, 9.17) is 4.74 Å².